The van der Waals surface area contributed by atoms with Crippen LogP contribution in [0.3, 0.4) is 0 Å². The van der Waals surface area contributed by atoms with Gasteiger partial charge in [0, 0.05) is 18.0 Å². The van der Waals surface area contributed by atoms with E-state index in [1.165, 1.54) is 0 Å². The average molecular weight is 217 g/mol. The van der Waals surface area contributed by atoms with Gasteiger partial charge in [-0.15, -0.1) is 0 Å². The van der Waals surface area contributed by atoms with Gasteiger partial charge in [0.15, 0.2) is 0 Å². The minimum absolute atomic E-state index is 0.705. The van der Waals surface area contributed by atoms with E-state index in [0.29, 0.717) is 5.88 Å². The number of methoxy groups -OCH3 is 1. The standard InChI is InChI=1S/C12H15N3O/c1-4-10-8-11(15-7-5-6-13-15)9(2)14-12(10)16-3/h5-8H,4H2,1-3H3. The van der Waals surface area contributed by atoms with Gasteiger partial charge in [0.05, 0.1) is 18.5 Å². The average Bonchev–Trinajstić information content (AvgIpc) is 2.82. The lowest BCUT2D eigenvalue weighted by molar-refractivity contribution is 0.391. The Morgan fingerprint density at radius 2 is 2.25 bits per heavy atom. The zero-order valence-corrected chi connectivity index (χ0v) is 9.77. The third-order valence-corrected chi connectivity index (χ3v) is 2.55. The molecule has 0 aliphatic carbocycles. The van der Waals surface area contributed by atoms with Crippen molar-refractivity contribution in [3.05, 3.63) is 35.8 Å². The molecule has 0 unspecified atom stereocenters. The van der Waals surface area contributed by atoms with Gasteiger partial charge in [-0.25, -0.2) is 9.67 Å². The van der Waals surface area contributed by atoms with Crippen molar-refractivity contribution in [1.29, 1.82) is 0 Å². The first kappa shape index (κ1) is 10.7. The topological polar surface area (TPSA) is 39.9 Å². The molecule has 0 saturated carbocycles. The molecule has 0 bridgehead atoms. The Morgan fingerprint density at radius 1 is 1.44 bits per heavy atom. The smallest absolute Gasteiger partial charge is 0.216 e. The van der Waals surface area contributed by atoms with Gasteiger partial charge >= 0.3 is 0 Å². The Bertz CT molecular complexity index is 477. The van der Waals surface area contributed by atoms with Crippen molar-refractivity contribution in [2.75, 3.05) is 7.11 Å². The quantitative estimate of drug-likeness (QED) is 0.790. The van der Waals surface area contributed by atoms with Crippen molar-refractivity contribution >= 4 is 0 Å². The van der Waals surface area contributed by atoms with Crippen LogP contribution in [0.1, 0.15) is 18.2 Å². The fourth-order valence-corrected chi connectivity index (χ4v) is 1.69. The summed E-state index contributed by atoms with van der Waals surface area (Å²) in [6.45, 7) is 4.04. The maximum Gasteiger partial charge on any atom is 0.216 e. The van der Waals surface area contributed by atoms with Crippen molar-refractivity contribution in [2.24, 2.45) is 0 Å². The molecule has 2 aromatic rings. The Balaban J connectivity index is 2.55. The number of ether oxygens (including phenoxy) is 1. The van der Waals surface area contributed by atoms with Gasteiger partial charge in [-0.3, -0.25) is 0 Å². The summed E-state index contributed by atoms with van der Waals surface area (Å²) < 4.78 is 7.07. The van der Waals surface area contributed by atoms with Crippen molar-refractivity contribution in [3.63, 3.8) is 0 Å². The van der Waals surface area contributed by atoms with Crippen molar-refractivity contribution in [1.82, 2.24) is 14.8 Å². The van der Waals surface area contributed by atoms with Crippen LogP contribution in [-0.2, 0) is 6.42 Å². The van der Waals surface area contributed by atoms with Crippen LogP contribution in [0.4, 0.5) is 0 Å². The van der Waals surface area contributed by atoms with Crippen LogP contribution in [0.2, 0.25) is 0 Å². The molecule has 2 heterocycles. The van der Waals surface area contributed by atoms with Crippen molar-refractivity contribution in [2.45, 2.75) is 20.3 Å². The summed E-state index contributed by atoms with van der Waals surface area (Å²) >= 11 is 0. The molecule has 4 nitrogen and oxygen atoms in total. The summed E-state index contributed by atoms with van der Waals surface area (Å²) in [7, 11) is 1.65. The van der Waals surface area contributed by atoms with Gasteiger partial charge < -0.3 is 4.74 Å². The molecule has 0 aromatic carbocycles. The molecule has 84 valence electrons. The molecule has 0 spiro atoms. The van der Waals surface area contributed by atoms with Gasteiger partial charge in [0.25, 0.3) is 0 Å². The summed E-state index contributed by atoms with van der Waals surface area (Å²) in [6.07, 6.45) is 4.57. The first-order valence-electron chi connectivity index (χ1n) is 5.30. The molecule has 4 heteroatoms. The van der Waals surface area contributed by atoms with E-state index in [-0.39, 0.29) is 0 Å². The third-order valence-electron chi connectivity index (χ3n) is 2.55. The van der Waals surface area contributed by atoms with E-state index >= 15 is 0 Å². The molecule has 0 fully saturated rings. The first-order valence-corrected chi connectivity index (χ1v) is 5.30. The maximum atomic E-state index is 5.25. The zero-order chi connectivity index (χ0) is 11.5. The Hall–Kier alpha value is -1.84. The number of aryl methyl sites for hydroxylation is 2. The monoisotopic (exact) mass is 217 g/mol. The molecule has 0 atom stereocenters. The normalized spacial score (nSPS) is 10.4. The van der Waals surface area contributed by atoms with Crippen LogP contribution in [0.15, 0.2) is 24.5 Å². The fraction of sp³-hybridized carbons (Fsp3) is 0.333. The molecule has 0 N–H and O–H groups in total. The molecule has 0 radical (unpaired) electrons. The highest BCUT2D eigenvalue weighted by molar-refractivity contribution is 5.43. The van der Waals surface area contributed by atoms with Gasteiger partial charge in [0.2, 0.25) is 5.88 Å². The van der Waals surface area contributed by atoms with Crippen LogP contribution < -0.4 is 4.74 Å². The van der Waals surface area contributed by atoms with E-state index < -0.39 is 0 Å². The molecule has 2 aromatic heterocycles. The summed E-state index contributed by atoms with van der Waals surface area (Å²) in [5.74, 6) is 0.705. The molecule has 2 rings (SSSR count). The molecular weight excluding hydrogens is 202 g/mol. The Labute approximate surface area is 94.9 Å². The molecule has 0 saturated heterocycles. The van der Waals surface area contributed by atoms with Gasteiger partial charge in [-0.1, -0.05) is 6.92 Å². The van der Waals surface area contributed by atoms with Crippen LogP contribution >= 0.6 is 0 Å². The second kappa shape index (κ2) is 4.35. The fourth-order valence-electron chi connectivity index (χ4n) is 1.69. The number of nitrogens with zero attached hydrogens (tertiary/aromatic N) is 3. The molecule has 0 aliphatic heterocycles. The summed E-state index contributed by atoms with van der Waals surface area (Å²) in [6, 6.07) is 3.98. The minimum atomic E-state index is 0.705. The number of pyridine rings is 1. The van der Waals surface area contributed by atoms with E-state index in [2.05, 4.69) is 23.1 Å². The van der Waals surface area contributed by atoms with E-state index in [9.17, 15) is 0 Å². The number of hydrogen-bond acceptors (Lipinski definition) is 3. The van der Waals surface area contributed by atoms with E-state index in [4.69, 9.17) is 4.74 Å². The molecular formula is C12H15N3O. The summed E-state index contributed by atoms with van der Waals surface area (Å²) in [5.41, 5.74) is 3.01. The van der Waals surface area contributed by atoms with Crippen LogP contribution in [0.25, 0.3) is 5.69 Å². The minimum Gasteiger partial charge on any atom is -0.481 e. The highest BCUT2D eigenvalue weighted by Gasteiger charge is 2.09. The summed E-state index contributed by atoms with van der Waals surface area (Å²) in [5, 5.41) is 4.21. The van der Waals surface area contributed by atoms with Crippen LogP contribution in [-0.4, -0.2) is 21.9 Å². The first-order chi connectivity index (χ1) is 7.76. The highest BCUT2D eigenvalue weighted by atomic mass is 16.5. The van der Waals surface area contributed by atoms with E-state index in [1.54, 1.807) is 13.3 Å². The molecule has 0 amide bonds. The SMILES string of the molecule is CCc1cc(-n2cccn2)c(C)nc1OC. The number of rotatable bonds is 3. The highest BCUT2D eigenvalue weighted by Crippen LogP contribution is 2.22. The lowest BCUT2D eigenvalue weighted by Gasteiger charge is -2.11. The third kappa shape index (κ3) is 1.78. The van der Waals surface area contributed by atoms with Gasteiger partial charge in [-0.05, 0) is 25.5 Å². The predicted molar refractivity (Wildman–Crippen MR) is 62.0 cm³/mol. The predicted octanol–water partition coefficient (Wildman–Crippen LogP) is 2.15. The lowest BCUT2D eigenvalue weighted by Crippen LogP contribution is -2.03. The summed E-state index contributed by atoms with van der Waals surface area (Å²) in [4.78, 5) is 4.44. The van der Waals surface area contributed by atoms with Gasteiger partial charge in [-0.2, -0.15) is 5.10 Å². The van der Waals surface area contributed by atoms with Crippen LogP contribution in [0, 0.1) is 6.92 Å². The Morgan fingerprint density at radius 3 is 2.81 bits per heavy atom. The second-order valence-corrected chi connectivity index (χ2v) is 3.57. The molecule has 16 heavy (non-hydrogen) atoms. The van der Waals surface area contributed by atoms with E-state index in [0.717, 1.165) is 23.4 Å². The molecule has 0 aliphatic rings. The lowest BCUT2D eigenvalue weighted by atomic mass is 10.1. The van der Waals surface area contributed by atoms with Crippen molar-refractivity contribution in [3.8, 4) is 11.6 Å². The second-order valence-electron chi connectivity index (χ2n) is 3.57. The Kier molecular flexibility index (Phi) is 2.90. The number of hydrogen-bond donors (Lipinski definition) is 0. The van der Waals surface area contributed by atoms with Gasteiger partial charge in [0.1, 0.15) is 0 Å². The van der Waals surface area contributed by atoms with Crippen LogP contribution in [0.5, 0.6) is 5.88 Å². The van der Waals surface area contributed by atoms with Crippen molar-refractivity contribution < 1.29 is 4.74 Å². The van der Waals surface area contributed by atoms with E-state index in [1.807, 2.05) is 23.9 Å². The number of aromatic nitrogens is 3. The largest absolute Gasteiger partial charge is 0.481 e. The zero-order valence-electron chi connectivity index (χ0n) is 9.77. The maximum absolute atomic E-state index is 5.25.